The van der Waals surface area contributed by atoms with Gasteiger partial charge in [0.15, 0.2) is 6.61 Å². The Balaban J connectivity index is 1.40. The molecule has 0 unspecified atom stereocenters. The van der Waals surface area contributed by atoms with Crippen molar-refractivity contribution in [2.24, 2.45) is 17.8 Å². The summed E-state index contributed by atoms with van der Waals surface area (Å²) in [6, 6.07) is 11.3. The van der Waals surface area contributed by atoms with Crippen LogP contribution in [0.1, 0.15) is 42.1 Å². The third kappa shape index (κ3) is 4.78. The van der Waals surface area contributed by atoms with Crippen molar-refractivity contribution in [1.29, 1.82) is 0 Å². The van der Waals surface area contributed by atoms with Crippen molar-refractivity contribution in [1.82, 2.24) is 0 Å². The normalized spacial score (nSPS) is 22.2. The first-order chi connectivity index (χ1) is 15.7. The number of fused-ring (bicyclic) bond motifs is 1. The van der Waals surface area contributed by atoms with Crippen LogP contribution in [0.25, 0.3) is 0 Å². The van der Waals surface area contributed by atoms with Crippen molar-refractivity contribution in [3.8, 4) is 0 Å². The van der Waals surface area contributed by atoms with Gasteiger partial charge in [-0.05, 0) is 68.0 Å². The number of anilines is 2. The number of aryl methyl sites for hydroxylation is 1. The SMILES string of the molecule is Cc1ccc(NC(=O)COC(=O)c2cccc(N3C(=O)[C@H]4C[C@H](C)CC[C@H]4C3=O)c2)cc1Cl. The molecular formula is C25H25ClN2O5. The molecule has 8 heteroatoms. The molecule has 1 N–H and O–H groups in total. The zero-order valence-electron chi connectivity index (χ0n) is 18.5. The minimum absolute atomic E-state index is 0.155. The van der Waals surface area contributed by atoms with Crippen LogP contribution in [0.3, 0.4) is 0 Å². The summed E-state index contributed by atoms with van der Waals surface area (Å²) in [6.45, 7) is 3.45. The van der Waals surface area contributed by atoms with Gasteiger partial charge in [-0.3, -0.25) is 19.3 Å². The van der Waals surface area contributed by atoms with Crippen LogP contribution in [0.2, 0.25) is 5.02 Å². The Bertz CT molecular complexity index is 1130. The van der Waals surface area contributed by atoms with Crippen molar-refractivity contribution >= 4 is 46.7 Å². The average molecular weight is 469 g/mol. The molecule has 4 rings (SSSR count). The molecular weight excluding hydrogens is 444 g/mol. The largest absolute Gasteiger partial charge is 0.452 e. The molecule has 1 aliphatic heterocycles. The summed E-state index contributed by atoms with van der Waals surface area (Å²) >= 11 is 6.05. The van der Waals surface area contributed by atoms with Crippen molar-refractivity contribution in [3.05, 3.63) is 58.6 Å². The van der Waals surface area contributed by atoms with E-state index in [1.807, 2.05) is 6.92 Å². The summed E-state index contributed by atoms with van der Waals surface area (Å²) < 4.78 is 5.12. The van der Waals surface area contributed by atoms with Crippen LogP contribution in [0.5, 0.6) is 0 Å². The zero-order valence-corrected chi connectivity index (χ0v) is 19.2. The Kier molecular flexibility index (Phi) is 6.51. The monoisotopic (exact) mass is 468 g/mol. The molecule has 1 heterocycles. The summed E-state index contributed by atoms with van der Waals surface area (Å²) in [4.78, 5) is 51.7. The molecule has 2 aliphatic rings. The van der Waals surface area contributed by atoms with Crippen LogP contribution in [-0.2, 0) is 19.1 Å². The summed E-state index contributed by atoms with van der Waals surface area (Å²) in [7, 11) is 0. The first-order valence-corrected chi connectivity index (χ1v) is 11.3. The molecule has 2 aromatic carbocycles. The number of carbonyl (C=O) groups excluding carboxylic acids is 4. The van der Waals surface area contributed by atoms with Gasteiger partial charge in [0, 0.05) is 10.7 Å². The van der Waals surface area contributed by atoms with Gasteiger partial charge in [-0.1, -0.05) is 30.7 Å². The number of hydrogen-bond acceptors (Lipinski definition) is 5. The molecule has 0 radical (unpaired) electrons. The van der Waals surface area contributed by atoms with Gasteiger partial charge in [0.25, 0.3) is 5.91 Å². The van der Waals surface area contributed by atoms with Gasteiger partial charge in [0.2, 0.25) is 11.8 Å². The number of nitrogens with zero attached hydrogens (tertiary/aromatic N) is 1. The summed E-state index contributed by atoms with van der Waals surface area (Å²) in [5.41, 5.74) is 1.88. The number of benzene rings is 2. The minimum Gasteiger partial charge on any atom is -0.452 e. The first kappa shape index (κ1) is 23.0. The highest BCUT2D eigenvalue weighted by atomic mass is 35.5. The van der Waals surface area contributed by atoms with Gasteiger partial charge < -0.3 is 10.1 Å². The molecule has 1 aliphatic carbocycles. The molecule has 1 saturated carbocycles. The zero-order chi connectivity index (χ0) is 23.7. The lowest BCUT2D eigenvalue weighted by atomic mass is 9.76. The van der Waals surface area contributed by atoms with E-state index in [4.69, 9.17) is 16.3 Å². The predicted molar refractivity (Wildman–Crippen MR) is 124 cm³/mol. The standard InChI is InChI=1S/C25H25ClN2O5/c1-14-6-9-19-20(10-14)24(31)28(23(19)30)18-5-3-4-16(11-18)25(32)33-13-22(29)27-17-8-7-15(2)21(26)12-17/h3-5,7-8,11-12,14,19-20H,6,9-10,13H2,1-2H3,(H,27,29)/t14-,19-,20+/m1/s1. The quantitative estimate of drug-likeness (QED) is 0.519. The van der Waals surface area contributed by atoms with Gasteiger partial charge >= 0.3 is 5.97 Å². The van der Waals surface area contributed by atoms with Gasteiger partial charge in [-0.25, -0.2) is 4.79 Å². The summed E-state index contributed by atoms with van der Waals surface area (Å²) in [5, 5.41) is 3.13. The maximum atomic E-state index is 12.9. The van der Waals surface area contributed by atoms with E-state index in [-0.39, 0.29) is 29.2 Å². The Labute approximate surface area is 197 Å². The molecule has 2 aromatic rings. The van der Waals surface area contributed by atoms with Crippen molar-refractivity contribution in [2.75, 3.05) is 16.8 Å². The Morgan fingerprint density at radius 2 is 1.85 bits per heavy atom. The topological polar surface area (TPSA) is 92.8 Å². The Morgan fingerprint density at radius 1 is 1.09 bits per heavy atom. The van der Waals surface area contributed by atoms with Crippen molar-refractivity contribution in [2.45, 2.75) is 33.1 Å². The van der Waals surface area contributed by atoms with Crippen molar-refractivity contribution in [3.63, 3.8) is 0 Å². The Morgan fingerprint density at radius 3 is 2.61 bits per heavy atom. The molecule has 0 spiro atoms. The highest BCUT2D eigenvalue weighted by Crippen LogP contribution is 2.42. The lowest BCUT2D eigenvalue weighted by Gasteiger charge is -2.25. The predicted octanol–water partition coefficient (Wildman–Crippen LogP) is 4.37. The number of imide groups is 1. The third-order valence-electron chi connectivity index (χ3n) is 6.32. The third-order valence-corrected chi connectivity index (χ3v) is 6.72. The molecule has 2 fully saturated rings. The number of nitrogens with one attached hydrogen (secondary N) is 1. The molecule has 172 valence electrons. The maximum Gasteiger partial charge on any atom is 0.338 e. The van der Waals surface area contributed by atoms with E-state index in [2.05, 4.69) is 12.2 Å². The number of rotatable bonds is 5. The van der Waals surface area contributed by atoms with Gasteiger partial charge in [-0.15, -0.1) is 0 Å². The number of amides is 3. The van der Waals surface area contributed by atoms with E-state index in [9.17, 15) is 19.2 Å². The van der Waals surface area contributed by atoms with E-state index in [0.29, 0.717) is 35.2 Å². The highest BCUT2D eigenvalue weighted by molar-refractivity contribution is 6.31. The fourth-order valence-electron chi connectivity index (χ4n) is 4.50. The lowest BCUT2D eigenvalue weighted by molar-refractivity contribution is -0.122. The van der Waals surface area contributed by atoms with E-state index in [0.717, 1.165) is 12.0 Å². The van der Waals surface area contributed by atoms with Crippen molar-refractivity contribution < 1.29 is 23.9 Å². The van der Waals surface area contributed by atoms with Crippen LogP contribution in [0, 0.1) is 24.7 Å². The average Bonchev–Trinajstić information content (AvgIpc) is 3.04. The fraction of sp³-hybridized carbons (Fsp3) is 0.360. The van der Waals surface area contributed by atoms with Crippen LogP contribution in [0.15, 0.2) is 42.5 Å². The van der Waals surface area contributed by atoms with Crippen LogP contribution in [-0.4, -0.2) is 30.3 Å². The van der Waals surface area contributed by atoms with E-state index in [1.54, 1.807) is 30.3 Å². The van der Waals surface area contributed by atoms with Crippen LogP contribution in [0.4, 0.5) is 11.4 Å². The Hall–Kier alpha value is -3.19. The van der Waals surface area contributed by atoms with Gasteiger partial charge in [0.05, 0.1) is 23.1 Å². The molecule has 0 bridgehead atoms. The lowest BCUT2D eigenvalue weighted by Crippen LogP contribution is -2.31. The molecule has 3 atom stereocenters. The van der Waals surface area contributed by atoms with E-state index in [1.165, 1.54) is 17.0 Å². The van der Waals surface area contributed by atoms with Crippen LogP contribution >= 0.6 is 11.6 Å². The van der Waals surface area contributed by atoms with E-state index < -0.39 is 18.5 Å². The minimum atomic E-state index is -0.723. The first-order valence-electron chi connectivity index (χ1n) is 11.0. The van der Waals surface area contributed by atoms with Gasteiger partial charge in [-0.2, -0.15) is 0 Å². The molecule has 7 nitrogen and oxygen atoms in total. The van der Waals surface area contributed by atoms with Gasteiger partial charge in [0.1, 0.15) is 0 Å². The second-order valence-corrected chi connectivity index (χ2v) is 9.19. The second-order valence-electron chi connectivity index (χ2n) is 8.78. The fourth-order valence-corrected chi connectivity index (χ4v) is 4.68. The number of ether oxygens (including phenoxy) is 1. The number of halogens is 1. The van der Waals surface area contributed by atoms with Crippen LogP contribution < -0.4 is 10.2 Å². The second kappa shape index (κ2) is 9.35. The highest BCUT2D eigenvalue weighted by Gasteiger charge is 2.50. The van der Waals surface area contributed by atoms with E-state index >= 15 is 0 Å². The molecule has 1 saturated heterocycles. The number of carbonyl (C=O) groups is 4. The smallest absolute Gasteiger partial charge is 0.338 e. The maximum absolute atomic E-state index is 12.9. The summed E-state index contributed by atoms with van der Waals surface area (Å²) in [6.07, 6.45) is 2.34. The number of esters is 1. The number of hydrogen-bond donors (Lipinski definition) is 1. The summed E-state index contributed by atoms with van der Waals surface area (Å²) in [5.74, 6) is -1.83. The molecule has 33 heavy (non-hydrogen) atoms. The molecule has 0 aromatic heterocycles. The molecule has 3 amide bonds.